The molecule has 2 rings (SSSR count). The van der Waals surface area contributed by atoms with Gasteiger partial charge in [0.05, 0.1) is 11.3 Å². The largest absolute Gasteiger partial charge is 0.416 e. The van der Waals surface area contributed by atoms with E-state index in [0.717, 1.165) is 33.3 Å². The van der Waals surface area contributed by atoms with Crippen molar-refractivity contribution in [3.63, 3.8) is 0 Å². The Kier molecular flexibility index (Phi) is 5.29. The number of aromatic nitrogens is 4. The first-order chi connectivity index (χ1) is 11.3. The van der Waals surface area contributed by atoms with Crippen molar-refractivity contribution in [1.29, 1.82) is 0 Å². The molecule has 8 nitrogen and oxygen atoms in total. The summed E-state index contributed by atoms with van der Waals surface area (Å²) >= 11 is 0.798. The van der Waals surface area contributed by atoms with E-state index in [9.17, 15) is 22.8 Å². The van der Waals surface area contributed by atoms with E-state index in [1.807, 2.05) is 5.48 Å². The van der Waals surface area contributed by atoms with Crippen molar-refractivity contribution in [3.8, 4) is 5.69 Å². The molecule has 0 bridgehead atoms. The second-order valence-electron chi connectivity index (χ2n) is 4.48. The van der Waals surface area contributed by atoms with E-state index in [1.165, 1.54) is 19.4 Å². The lowest BCUT2D eigenvalue weighted by Gasteiger charge is -2.16. The second-order valence-corrected chi connectivity index (χ2v) is 5.26. The zero-order valence-corrected chi connectivity index (χ0v) is 13.3. The Balaban J connectivity index is 2.48. The molecular formula is C12H12F3N5O3S. The Bertz CT molecular complexity index is 802. The maximum Gasteiger partial charge on any atom is 0.416 e. The van der Waals surface area contributed by atoms with Gasteiger partial charge in [-0.05, 0) is 28.8 Å². The van der Waals surface area contributed by atoms with Gasteiger partial charge in [-0.3, -0.25) is 9.63 Å². The van der Waals surface area contributed by atoms with E-state index in [0.29, 0.717) is 0 Å². The van der Waals surface area contributed by atoms with Crippen LogP contribution in [0.25, 0.3) is 5.69 Å². The molecular weight excluding hydrogens is 351 g/mol. The number of benzene rings is 1. The monoisotopic (exact) mass is 363 g/mol. The van der Waals surface area contributed by atoms with Gasteiger partial charge in [-0.15, -0.1) is 0 Å². The summed E-state index contributed by atoms with van der Waals surface area (Å²) in [6.07, 6.45) is -3.20. The standard InChI is InChI=1S/C12H12F3N5O3S/c1-19-11(22)20(18-17-19)9-5-3-4-8(12(13,14)15)7(9)6-23-16-10(21)24-2/h3-5H,6H2,1-2H3,(H,16,21). The Morgan fingerprint density at radius 2 is 2.08 bits per heavy atom. The normalized spacial score (nSPS) is 11.5. The third-order valence-corrected chi connectivity index (χ3v) is 3.42. The third-order valence-electron chi connectivity index (χ3n) is 2.96. The minimum absolute atomic E-state index is 0.138. The summed E-state index contributed by atoms with van der Waals surface area (Å²) in [5.41, 5.74) is -0.227. The van der Waals surface area contributed by atoms with Crippen LogP contribution < -0.4 is 11.2 Å². The van der Waals surface area contributed by atoms with Crippen molar-refractivity contribution in [3.05, 3.63) is 39.8 Å². The highest BCUT2D eigenvalue weighted by atomic mass is 32.2. The average molecular weight is 363 g/mol. The molecule has 0 aliphatic heterocycles. The molecule has 0 aliphatic rings. The number of nitrogens with one attached hydrogen (secondary N) is 1. The zero-order chi connectivity index (χ0) is 17.9. The van der Waals surface area contributed by atoms with Crippen LogP contribution in [0.1, 0.15) is 11.1 Å². The number of alkyl halides is 3. The van der Waals surface area contributed by atoms with Crippen LogP contribution in [0.15, 0.2) is 23.0 Å². The van der Waals surface area contributed by atoms with Crippen molar-refractivity contribution in [1.82, 2.24) is 25.3 Å². The Hall–Kier alpha value is -2.34. The van der Waals surface area contributed by atoms with Crippen LogP contribution >= 0.6 is 11.8 Å². The Morgan fingerprint density at radius 1 is 1.38 bits per heavy atom. The fourth-order valence-electron chi connectivity index (χ4n) is 1.86. The number of tetrazole rings is 1. The molecule has 1 aromatic heterocycles. The van der Waals surface area contributed by atoms with Gasteiger partial charge >= 0.3 is 17.1 Å². The fourth-order valence-corrected chi connectivity index (χ4v) is 2.01. The summed E-state index contributed by atoms with van der Waals surface area (Å²) in [6, 6.07) is 3.27. The predicted octanol–water partition coefficient (Wildman–Crippen LogP) is 1.49. The SMILES string of the molecule is CSC(=O)NOCc1c(-n2nnn(C)c2=O)cccc1C(F)(F)F. The van der Waals surface area contributed by atoms with Crippen LogP contribution in [0, 0.1) is 0 Å². The molecule has 0 saturated heterocycles. The number of hydrogen-bond acceptors (Lipinski definition) is 6. The molecule has 0 fully saturated rings. The Labute approximate surface area is 137 Å². The highest BCUT2D eigenvalue weighted by molar-refractivity contribution is 8.12. The van der Waals surface area contributed by atoms with Gasteiger partial charge in [0.15, 0.2) is 0 Å². The second kappa shape index (κ2) is 7.05. The summed E-state index contributed by atoms with van der Waals surface area (Å²) in [7, 11) is 1.31. The molecule has 0 atom stereocenters. The minimum atomic E-state index is -4.68. The van der Waals surface area contributed by atoms with Crippen molar-refractivity contribution in [2.45, 2.75) is 12.8 Å². The molecule has 0 aliphatic carbocycles. The van der Waals surface area contributed by atoms with Crippen LogP contribution in [0.3, 0.4) is 0 Å². The number of nitrogens with zero attached hydrogens (tertiary/aromatic N) is 4. The van der Waals surface area contributed by atoms with E-state index in [4.69, 9.17) is 4.84 Å². The molecule has 1 N–H and O–H groups in total. The maximum atomic E-state index is 13.2. The molecule has 1 heterocycles. The summed E-state index contributed by atoms with van der Waals surface area (Å²) in [5, 5.41) is 6.43. The van der Waals surface area contributed by atoms with Crippen molar-refractivity contribution >= 4 is 17.0 Å². The van der Waals surface area contributed by atoms with E-state index in [2.05, 4.69) is 10.4 Å². The number of carbonyl (C=O) groups excluding carboxylic acids is 1. The van der Waals surface area contributed by atoms with Gasteiger partial charge in [0.25, 0.3) is 0 Å². The molecule has 0 radical (unpaired) electrons. The van der Waals surface area contributed by atoms with E-state index >= 15 is 0 Å². The van der Waals surface area contributed by atoms with Crippen molar-refractivity contribution < 1.29 is 22.8 Å². The summed E-state index contributed by atoms with van der Waals surface area (Å²) in [6.45, 7) is -0.611. The molecule has 12 heteroatoms. The minimum Gasteiger partial charge on any atom is -0.268 e. The predicted molar refractivity (Wildman–Crippen MR) is 78.4 cm³/mol. The summed E-state index contributed by atoms with van der Waals surface area (Å²) < 4.78 is 41.3. The topological polar surface area (TPSA) is 91.0 Å². The first-order valence-electron chi connectivity index (χ1n) is 6.40. The Morgan fingerprint density at radius 3 is 2.62 bits per heavy atom. The highest BCUT2D eigenvalue weighted by Crippen LogP contribution is 2.34. The lowest BCUT2D eigenvalue weighted by molar-refractivity contribution is -0.139. The van der Waals surface area contributed by atoms with Gasteiger partial charge in [0.1, 0.15) is 6.61 Å². The average Bonchev–Trinajstić information content (AvgIpc) is 2.85. The third kappa shape index (κ3) is 3.76. The van der Waals surface area contributed by atoms with Gasteiger partial charge in [0, 0.05) is 12.6 Å². The zero-order valence-electron chi connectivity index (χ0n) is 12.5. The van der Waals surface area contributed by atoms with Gasteiger partial charge < -0.3 is 0 Å². The van der Waals surface area contributed by atoms with Gasteiger partial charge in [0.2, 0.25) is 0 Å². The van der Waals surface area contributed by atoms with Crippen molar-refractivity contribution in [2.24, 2.45) is 7.05 Å². The summed E-state index contributed by atoms with van der Waals surface area (Å²) in [5.74, 6) is 0. The van der Waals surface area contributed by atoms with E-state index in [-0.39, 0.29) is 11.3 Å². The number of aryl methyl sites for hydroxylation is 1. The molecule has 0 spiro atoms. The number of halogens is 3. The summed E-state index contributed by atoms with van der Waals surface area (Å²) in [4.78, 5) is 27.9. The number of carbonyl (C=O) groups is 1. The van der Waals surface area contributed by atoms with Crippen LogP contribution in [0.2, 0.25) is 0 Å². The number of amides is 1. The smallest absolute Gasteiger partial charge is 0.268 e. The number of hydrogen-bond donors (Lipinski definition) is 1. The maximum absolute atomic E-state index is 13.2. The van der Waals surface area contributed by atoms with E-state index in [1.54, 1.807) is 0 Å². The fraction of sp³-hybridized carbons (Fsp3) is 0.333. The van der Waals surface area contributed by atoms with Gasteiger partial charge in [-0.25, -0.2) is 10.3 Å². The van der Waals surface area contributed by atoms with Crippen LogP contribution in [-0.2, 0) is 24.7 Å². The molecule has 2 aromatic rings. The highest BCUT2D eigenvalue weighted by Gasteiger charge is 2.35. The lowest BCUT2D eigenvalue weighted by Crippen LogP contribution is -2.25. The van der Waals surface area contributed by atoms with Crippen LogP contribution in [0.4, 0.5) is 18.0 Å². The number of rotatable bonds is 4. The molecule has 1 aromatic carbocycles. The van der Waals surface area contributed by atoms with Gasteiger partial charge in [-0.1, -0.05) is 17.8 Å². The number of thioether (sulfide) groups is 1. The molecule has 130 valence electrons. The molecule has 24 heavy (non-hydrogen) atoms. The first kappa shape index (κ1) is 18.0. The van der Waals surface area contributed by atoms with Crippen LogP contribution in [0.5, 0.6) is 0 Å². The quantitative estimate of drug-likeness (QED) is 0.828. The van der Waals surface area contributed by atoms with Crippen LogP contribution in [-0.4, -0.2) is 31.3 Å². The first-order valence-corrected chi connectivity index (χ1v) is 7.62. The van der Waals surface area contributed by atoms with Gasteiger partial charge in [-0.2, -0.15) is 22.5 Å². The number of hydroxylamine groups is 1. The van der Waals surface area contributed by atoms with E-state index < -0.39 is 29.3 Å². The molecule has 0 saturated carbocycles. The molecule has 1 amide bonds. The molecule has 0 unspecified atom stereocenters. The van der Waals surface area contributed by atoms with Crippen molar-refractivity contribution in [2.75, 3.05) is 6.26 Å². The lowest BCUT2D eigenvalue weighted by atomic mass is 10.1.